The van der Waals surface area contributed by atoms with Gasteiger partial charge in [0.15, 0.2) is 0 Å². The second-order valence-electron chi connectivity index (χ2n) is 5.25. The van der Waals surface area contributed by atoms with Gasteiger partial charge in [-0.2, -0.15) is 17.0 Å². The van der Waals surface area contributed by atoms with Crippen LogP contribution in [0.15, 0.2) is 12.4 Å². The predicted molar refractivity (Wildman–Crippen MR) is 77.1 cm³/mol. The van der Waals surface area contributed by atoms with Gasteiger partial charge in [-0.25, -0.2) is 4.98 Å². The van der Waals surface area contributed by atoms with E-state index in [1.807, 2.05) is 0 Å². The summed E-state index contributed by atoms with van der Waals surface area (Å²) in [7, 11) is -0.226. The average molecular weight is 299 g/mol. The highest BCUT2D eigenvalue weighted by atomic mass is 32.2. The predicted octanol–water partition coefficient (Wildman–Crippen LogP) is 0.120. The van der Waals surface area contributed by atoms with Crippen molar-refractivity contribution in [1.82, 2.24) is 18.6 Å². The first-order chi connectivity index (χ1) is 9.41. The van der Waals surface area contributed by atoms with Crippen molar-refractivity contribution in [3.8, 4) is 0 Å². The zero-order chi connectivity index (χ0) is 14.8. The number of nitrogens with two attached hydrogens (primary N) is 1. The minimum atomic E-state index is -3.34. The van der Waals surface area contributed by atoms with Crippen LogP contribution in [-0.4, -0.2) is 54.2 Å². The Balaban J connectivity index is 2.07. The van der Waals surface area contributed by atoms with Gasteiger partial charge >= 0.3 is 0 Å². The standard InChI is InChI=1S/C12H21N5O2S/c1-16(2)20(18,19)17-7-3-4-10(9-17)8-11-12(13)15-6-5-14-11/h5-6,10H,3-4,7-9H2,1-2H3,(H2,13,15)/t10-/m1/s1. The van der Waals surface area contributed by atoms with Crippen LogP contribution < -0.4 is 5.73 Å². The van der Waals surface area contributed by atoms with Gasteiger partial charge in [0.2, 0.25) is 0 Å². The highest BCUT2D eigenvalue weighted by Crippen LogP contribution is 2.23. The van der Waals surface area contributed by atoms with Gasteiger partial charge in [0, 0.05) is 39.6 Å². The topological polar surface area (TPSA) is 92.4 Å². The number of anilines is 1. The first-order valence-corrected chi connectivity index (χ1v) is 8.04. The van der Waals surface area contributed by atoms with Crippen molar-refractivity contribution in [2.24, 2.45) is 5.92 Å². The lowest BCUT2D eigenvalue weighted by Gasteiger charge is -2.33. The lowest BCUT2D eigenvalue weighted by molar-refractivity contribution is 0.253. The zero-order valence-corrected chi connectivity index (χ0v) is 12.7. The van der Waals surface area contributed by atoms with E-state index in [1.165, 1.54) is 8.61 Å². The van der Waals surface area contributed by atoms with Crippen LogP contribution in [-0.2, 0) is 16.6 Å². The normalized spacial score (nSPS) is 21.2. The van der Waals surface area contributed by atoms with Crippen molar-refractivity contribution in [1.29, 1.82) is 0 Å². The average Bonchev–Trinajstić information content (AvgIpc) is 2.41. The molecule has 1 fully saturated rings. The molecule has 1 aliphatic heterocycles. The molecule has 2 rings (SSSR count). The molecule has 20 heavy (non-hydrogen) atoms. The largest absolute Gasteiger partial charge is 0.382 e. The van der Waals surface area contributed by atoms with E-state index in [9.17, 15) is 8.42 Å². The minimum absolute atomic E-state index is 0.234. The number of hydrogen-bond acceptors (Lipinski definition) is 5. The van der Waals surface area contributed by atoms with Gasteiger partial charge in [-0.1, -0.05) is 0 Å². The molecule has 1 aromatic rings. The van der Waals surface area contributed by atoms with Crippen molar-refractivity contribution in [2.75, 3.05) is 32.9 Å². The van der Waals surface area contributed by atoms with E-state index in [4.69, 9.17) is 5.73 Å². The van der Waals surface area contributed by atoms with Crippen LogP contribution in [0.2, 0.25) is 0 Å². The summed E-state index contributed by atoms with van der Waals surface area (Å²) < 4.78 is 27.1. The molecule has 7 nitrogen and oxygen atoms in total. The molecule has 0 bridgehead atoms. The Bertz CT molecular complexity index is 561. The van der Waals surface area contributed by atoms with Crippen LogP contribution in [0.4, 0.5) is 5.82 Å². The Morgan fingerprint density at radius 2 is 2.10 bits per heavy atom. The summed E-state index contributed by atoms with van der Waals surface area (Å²) in [6, 6.07) is 0. The molecule has 0 spiro atoms. The van der Waals surface area contributed by atoms with Crippen LogP contribution in [0.1, 0.15) is 18.5 Å². The smallest absolute Gasteiger partial charge is 0.281 e. The number of nitrogen functional groups attached to an aromatic ring is 1. The van der Waals surface area contributed by atoms with Gasteiger partial charge in [0.25, 0.3) is 10.2 Å². The van der Waals surface area contributed by atoms with Crippen molar-refractivity contribution in [3.05, 3.63) is 18.1 Å². The fraction of sp³-hybridized carbons (Fsp3) is 0.667. The summed E-state index contributed by atoms with van der Waals surface area (Å²) >= 11 is 0. The molecule has 0 saturated carbocycles. The zero-order valence-electron chi connectivity index (χ0n) is 11.9. The molecule has 0 radical (unpaired) electrons. The van der Waals surface area contributed by atoms with Gasteiger partial charge in [0.05, 0.1) is 5.69 Å². The summed E-state index contributed by atoms with van der Waals surface area (Å²) in [5.74, 6) is 0.664. The van der Waals surface area contributed by atoms with Gasteiger partial charge in [-0.3, -0.25) is 4.98 Å². The van der Waals surface area contributed by atoms with E-state index in [1.54, 1.807) is 26.5 Å². The van der Waals surface area contributed by atoms with Gasteiger partial charge in [-0.15, -0.1) is 0 Å². The van der Waals surface area contributed by atoms with Crippen LogP contribution in [0.25, 0.3) is 0 Å². The Kier molecular flexibility index (Phi) is 4.56. The molecule has 1 atom stereocenters. The SMILES string of the molecule is CN(C)S(=O)(=O)N1CCC[C@H](Cc2nccnc2N)C1. The van der Waals surface area contributed by atoms with E-state index in [-0.39, 0.29) is 5.92 Å². The highest BCUT2D eigenvalue weighted by molar-refractivity contribution is 7.86. The molecule has 0 amide bonds. The van der Waals surface area contributed by atoms with E-state index in [0.29, 0.717) is 25.3 Å². The van der Waals surface area contributed by atoms with Crippen molar-refractivity contribution >= 4 is 16.0 Å². The molecule has 0 unspecified atom stereocenters. The first kappa shape index (κ1) is 15.1. The molecule has 2 heterocycles. The lowest BCUT2D eigenvalue weighted by atomic mass is 9.94. The molecule has 1 saturated heterocycles. The van der Waals surface area contributed by atoms with Crippen LogP contribution in [0.5, 0.6) is 0 Å². The molecule has 1 aromatic heterocycles. The summed E-state index contributed by atoms with van der Waals surface area (Å²) in [5.41, 5.74) is 6.54. The maximum absolute atomic E-state index is 12.1. The molecule has 0 aliphatic carbocycles. The summed E-state index contributed by atoms with van der Waals surface area (Å²) in [6.07, 6.45) is 5.68. The minimum Gasteiger partial charge on any atom is -0.382 e. The second kappa shape index (κ2) is 6.02. The van der Waals surface area contributed by atoms with Crippen LogP contribution in [0.3, 0.4) is 0 Å². The third-order valence-corrected chi connectivity index (χ3v) is 5.46. The molecule has 2 N–H and O–H groups in total. The number of rotatable bonds is 4. The Labute approximate surface area is 120 Å². The molecule has 1 aliphatic rings. The molecule has 8 heteroatoms. The maximum Gasteiger partial charge on any atom is 0.281 e. The molecule has 0 aromatic carbocycles. The maximum atomic E-state index is 12.1. The van der Waals surface area contributed by atoms with E-state index >= 15 is 0 Å². The van der Waals surface area contributed by atoms with Gasteiger partial charge < -0.3 is 5.73 Å². The van der Waals surface area contributed by atoms with E-state index in [2.05, 4.69) is 9.97 Å². The third-order valence-electron chi connectivity index (χ3n) is 3.56. The summed E-state index contributed by atoms with van der Waals surface area (Å²) in [6.45, 7) is 1.09. The lowest BCUT2D eigenvalue weighted by Crippen LogP contribution is -2.45. The number of nitrogens with zero attached hydrogens (tertiary/aromatic N) is 4. The molecular weight excluding hydrogens is 278 g/mol. The molecule has 112 valence electrons. The second-order valence-corrected chi connectivity index (χ2v) is 7.39. The quantitative estimate of drug-likeness (QED) is 0.852. The van der Waals surface area contributed by atoms with Crippen molar-refractivity contribution in [3.63, 3.8) is 0 Å². The summed E-state index contributed by atoms with van der Waals surface area (Å²) in [5, 5.41) is 0. The Morgan fingerprint density at radius 1 is 1.40 bits per heavy atom. The Hall–Kier alpha value is -1.25. The number of piperidine rings is 1. The summed E-state index contributed by atoms with van der Waals surface area (Å²) in [4.78, 5) is 8.24. The van der Waals surface area contributed by atoms with Crippen LogP contribution in [0, 0.1) is 5.92 Å². The van der Waals surface area contributed by atoms with Crippen LogP contribution >= 0.6 is 0 Å². The van der Waals surface area contributed by atoms with Crippen molar-refractivity contribution < 1.29 is 8.42 Å². The van der Waals surface area contributed by atoms with E-state index < -0.39 is 10.2 Å². The Morgan fingerprint density at radius 3 is 2.75 bits per heavy atom. The fourth-order valence-corrected chi connectivity index (χ4v) is 3.66. The fourth-order valence-electron chi connectivity index (χ4n) is 2.44. The van der Waals surface area contributed by atoms with Crippen molar-refractivity contribution in [2.45, 2.75) is 19.3 Å². The van der Waals surface area contributed by atoms with Gasteiger partial charge in [-0.05, 0) is 25.2 Å². The number of aromatic nitrogens is 2. The van der Waals surface area contributed by atoms with E-state index in [0.717, 1.165) is 18.5 Å². The van der Waals surface area contributed by atoms with Gasteiger partial charge in [0.1, 0.15) is 5.82 Å². The number of hydrogen-bond donors (Lipinski definition) is 1. The highest BCUT2D eigenvalue weighted by Gasteiger charge is 2.30. The first-order valence-electron chi connectivity index (χ1n) is 6.64. The molecular formula is C12H21N5O2S. The third kappa shape index (κ3) is 3.25. The monoisotopic (exact) mass is 299 g/mol.